The van der Waals surface area contributed by atoms with Gasteiger partial charge in [0.25, 0.3) is 5.97 Å². The van der Waals surface area contributed by atoms with Crippen LogP contribution in [0.3, 0.4) is 0 Å². The Morgan fingerprint density at radius 2 is 0.958 bits per heavy atom. The number of amides is 2. The van der Waals surface area contributed by atoms with Crippen LogP contribution in [0.5, 0.6) is 0 Å². The first-order valence-electron chi connectivity index (χ1n) is 8.57. The molecule has 0 atom stereocenters. The quantitative estimate of drug-likeness (QED) is 0.304. The Morgan fingerprint density at radius 1 is 0.708 bits per heavy atom. The molecule has 8 heteroatoms. The molecule has 2 amide bonds. The zero-order valence-corrected chi connectivity index (χ0v) is 14.8. The number of hydrogen-bond acceptors (Lipinski definition) is 5. The van der Waals surface area contributed by atoms with Crippen LogP contribution in [0.4, 0.5) is 0 Å². The van der Waals surface area contributed by atoms with Crippen LogP contribution < -0.4 is 22.1 Å². The molecule has 0 radical (unpaired) electrons. The average Bonchev–Trinajstić information content (AvgIpc) is 2.54. The van der Waals surface area contributed by atoms with Crippen LogP contribution in [0.25, 0.3) is 0 Å². The fourth-order valence-corrected chi connectivity index (χ4v) is 1.91. The lowest BCUT2D eigenvalue weighted by Crippen LogP contribution is -2.30. The highest BCUT2D eigenvalue weighted by atomic mass is 16.4. The van der Waals surface area contributed by atoms with Gasteiger partial charge in [-0.05, 0) is 12.8 Å². The molecule has 0 aromatic carbocycles. The standard InChI is InChI=1S/C14H30N4O2.C2H4O2/c15-11-13(19)17-9-7-5-3-1-2-4-6-8-10-18-14(20)12-16;1-2(3)4/h1-12,15-16H2,(H,17,19)(H,18,20);1H3,(H,3,4). The van der Waals surface area contributed by atoms with Gasteiger partial charge in [0, 0.05) is 20.0 Å². The van der Waals surface area contributed by atoms with E-state index in [1.54, 1.807) is 0 Å². The van der Waals surface area contributed by atoms with E-state index >= 15 is 0 Å². The molecule has 0 aliphatic rings. The molecule has 0 aliphatic heterocycles. The Kier molecular flexibility index (Phi) is 19.8. The first-order valence-corrected chi connectivity index (χ1v) is 8.57. The third-order valence-corrected chi connectivity index (χ3v) is 3.12. The third kappa shape index (κ3) is 25.3. The van der Waals surface area contributed by atoms with Crippen LogP contribution in [0.1, 0.15) is 58.3 Å². The van der Waals surface area contributed by atoms with Crippen LogP contribution in [0.2, 0.25) is 0 Å². The first-order chi connectivity index (χ1) is 11.4. The molecule has 0 spiro atoms. The molecule has 0 saturated heterocycles. The van der Waals surface area contributed by atoms with Crippen molar-refractivity contribution in [3.63, 3.8) is 0 Å². The molecule has 0 bridgehead atoms. The van der Waals surface area contributed by atoms with Crippen molar-refractivity contribution in [3.8, 4) is 0 Å². The maximum absolute atomic E-state index is 10.9. The van der Waals surface area contributed by atoms with Gasteiger partial charge in [-0.2, -0.15) is 0 Å². The molecule has 0 aromatic rings. The van der Waals surface area contributed by atoms with Gasteiger partial charge in [0.2, 0.25) is 11.8 Å². The number of carbonyl (C=O) groups is 3. The van der Waals surface area contributed by atoms with Crippen molar-refractivity contribution in [2.45, 2.75) is 58.3 Å². The van der Waals surface area contributed by atoms with Crippen LogP contribution in [-0.2, 0) is 14.4 Å². The lowest BCUT2D eigenvalue weighted by Gasteiger charge is -2.05. The van der Waals surface area contributed by atoms with E-state index in [9.17, 15) is 9.59 Å². The maximum Gasteiger partial charge on any atom is 0.300 e. The highest BCUT2D eigenvalue weighted by Crippen LogP contribution is 2.07. The van der Waals surface area contributed by atoms with E-state index in [1.165, 1.54) is 25.7 Å². The number of unbranched alkanes of at least 4 members (excludes halogenated alkanes) is 7. The maximum atomic E-state index is 10.9. The van der Waals surface area contributed by atoms with Gasteiger partial charge in [-0.25, -0.2) is 0 Å². The van der Waals surface area contributed by atoms with Crippen molar-refractivity contribution in [1.82, 2.24) is 10.6 Å². The molecule has 8 nitrogen and oxygen atoms in total. The van der Waals surface area contributed by atoms with Gasteiger partial charge in [0.05, 0.1) is 13.1 Å². The lowest BCUT2D eigenvalue weighted by molar-refractivity contribution is -0.134. The van der Waals surface area contributed by atoms with Gasteiger partial charge in [0.1, 0.15) is 0 Å². The van der Waals surface area contributed by atoms with Crippen molar-refractivity contribution in [1.29, 1.82) is 0 Å². The van der Waals surface area contributed by atoms with Gasteiger partial charge in [-0.15, -0.1) is 0 Å². The van der Waals surface area contributed by atoms with Crippen molar-refractivity contribution >= 4 is 17.8 Å². The molecule has 0 aromatic heterocycles. The number of aliphatic carboxylic acids is 1. The summed E-state index contributed by atoms with van der Waals surface area (Å²) in [6.45, 7) is 2.70. The monoisotopic (exact) mass is 346 g/mol. The van der Waals surface area contributed by atoms with Crippen LogP contribution >= 0.6 is 0 Å². The zero-order chi connectivity index (χ0) is 18.6. The Balaban J connectivity index is 0. The van der Waals surface area contributed by atoms with Gasteiger partial charge in [-0.3, -0.25) is 14.4 Å². The molecule has 0 heterocycles. The number of nitrogens with one attached hydrogen (secondary N) is 2. The molecule has 0 saturated carbocycles. The third-order valence-electron chi connectivity index (χ3n) is 3.12. The number of carboxylic acid groups (broad SMARTS) is 1. The molecule has 7 N–H and O–H groups in total. The summed E-state index contributed by atoms with van der Waals surface area (Å²) in [5, 5.41) is 12.9. The molecule has 24 heavy (non-hydrogen) atoms. The molecular weight excluding hydrogens is 312 g/mol. The topological polar surface area (TPSA) is 148 Å². The molecule has 142 valence electrons. The SMILES string of the molecule is CC(=O)O.NCC(=O)NCCCCCCCCCCNC(=O)CN. The van der Waals surface area contributed by atoms with E-state index in [-0.39, 0.29) is 24.9 Å². The smallest absolute Gasteiger partial charge is 0.300 e. The summed E-state index contributed by atoms with van der Waals surface area (Å²) in [7, 11) is 0. The molecule has 0 unspecified atom stereocenters. The van der Waals surface area contributed by atoms with Crippen molar-refractivity contribution < 1.29 is 19.5 Å². The summed E-state index contributed by atoms with van der Waals surface area (Å²) in [5.41, 5.74) is 10.4. The minimum absolute atomic E-state index is 0.0751. The average molecular weight is 346 g/mol. The second-order valence-electron chi connectivity index (χ2n) is 5.46. The highest BCUT2D eigenvalue weighted by molar-refractivity contribution is 5.77. The Hall–Kier alpha value is -1.67. The molecule has 0 fully saturated rings. The Labute approximate surface area is 144 Å². The van der Waals surface area contributed by atoms with Gasteiger partial charge in [-0.1, -0.05) is 38.5 Å². The van der Waals surface area contributed by atoms with E-state index in [0.29, 0.717) is 0 Å². The highest BCUT2D eigenvalue weighted by Gasteiger charge is 1.97. The van der Waals surface area contributed by atoms with Gasteiger partial charge in [0.15, 0.2) is 0 Å². The summed E-state index contributed by atoms with van der Waals surface area (Å²) in [4.78, 5) is 30.7. The van der Waals surface area contributed by atoms with E-state index in [0.717, 1.165) is 45.7 Å². The number of nitrogens with two attached hydrogens (primary N) is 2. The second kappa shape index (κ2) is 19.4. The molecule has 0 aliphatic carbocycles. The van der Waals surface area contributed by atoms with Crippen molar-refractivity contribution in [2.75, 3.05) is 26.2 Å². The lowest BCUT2D eigenvalue weighted by atomic mass is 10.1. The Bertz CT molecular complexity index is 308. The summed E-state index contributed by atoms with van der Waals surface area (Å²) < 4.78 is 0. The number of hydrogen-bond donors (Lipinski definition) is 5. The zero-order valence-electron chi connectivity index (χ0n) is 14.8. The summed E-state index contributed by atoms with van der Waals surface area (Å²) in [6.07, 6.45) is 9.24. The van der Waals surface area contributed by atoms with Gasteiger partial charge < -0.3 is 27.2 Å². The fourth-order valence-electron chi connectivity index (χ4n) is 1.91. The largest absolute Gasteiger partial charge is 0.481 e. The molecular formula is C16H34N4O4. The van der Waals surface area contributed by atoms with E-state index in [4.69, 9.17) is 21.4 Å². The summed E-state index contributed by atoms with van der Waals surface area (Å²) >= 11 is 0. The van der Waals surface area contributed by atoms with Crippen LogP contribution in [-0.4, -0.2) is 49.1 Å². The number of carbonyl (C=O) groups excluding carboxylic acids is 2. The van der Waals surface area contributed by atoms with Crippen LogP contribution in [0.15, 0.2) is 0 Å². The predicted molar refractivity (Wildman–Crippen MR) is 94.4 cm³/mol. The summed E-state index contributed by atoms with van der Waals surface area (Å²) in [5.74, 6) is -0.988. The minimum Gasteiger partial charge on any atom is -0.481 e. The summed E-state index contributed by atoms with van der Waals surface area (Å²) in [6, 6.07) is 0. The minimum atomic E-state index is -0.833. The van der Waals surface area contributed by atoms with Crippen molar-refractivity contribution in [2.24, 2.45) is 11.5 Å². The number of rotatable bonds is 13. The predicted octanol–water partition coefficient (Wildman–Crippen LogP) is 0.348. The van der Waals surface area contributed by atoms with Crippen molar-refractivity contribution in [3.05, 3.63) is 0 Å². The second-order valence-corrected chi connectivity index (χ2v) is 5.46. The normalized spacial score (nSPS) is 9.62. The number of carboxylic acids is 1. The van der Waals surface area contributed by atoms with E-state index in [2.05, 4.69) is 10.6 Å². The Morgan fingerprint density at radius 3 is 1.21 bits per heavy atom. The van der Waals surface area contributed by atoms with E-state index in [1.807, 2.05) is 0 Å². The van der Waals surface area contributed by atoms with Crippen LogP contribution in [0, 0.1) is 0 Å². The first kappa shape index (κ1) is 24.6. The van der Waals surface area contributed by atoms with E-state index < -0.39 is 5.97 Å². The molecule has 0 rings (SSSR count). The fraction of sp³-hybridized carbons (Fsp3) is 0.812. The van der Waals surface area contributed by atoms with Gasteiger partial charge >= 0.3 is 0 Å².